The number of piperazine rings is 1. The van der Waals surface area contributed by atoms with Crippen LogP contribution in [0.1, 0.15) is 40.0 Å². The van der Waals surface area contributed by atoms with Crippen molar-refractivity contribution in [1.82, 2.24) is 10.2 Å². The Balaban J connectivity index is 1.72. The molecule has 1 N–H and O–H groups in total. The van der Waals surface area contributed by atoms with Crippen LogP contribution in [0.5, 0.6) is 0 Å². The molecule has 0 unspecified atom stereocenters. The van der Waals surface area contributed by atoms with E-state index in [-0.39, 0.29) is 6.09 Å². The first-order valence-corrected chi connectivity index (χ1v) is 11.2. The maximum Gasteiger partial charge on any atom is 0.407 e. The smallest absolute Gasteiger partial charge is 0.407 e. The van der Waals surface area contributed by atoms with Crippen LogP contribution in [0.4, 0.5) is 10.5 Å². The second-order valence-corrected chi connectivity index (χ2v) is 8.53. The Morgan fingerprint density at radius 1 is 1.22 bits per heavy atom. The number of hydrogen-bond acceptors (Lipinski definition) is 5. The van der Waals surface area contributed by atoms with E-state index in [0.29, 0.717) is 18.4 Å². The van der Waals surface area contributed by atoms with Gasteiger partial charge in [-0.15, -0.1) is 11.8 Å². The Bertz CT molecular complexity index is 562. The topological polar surface area (TPSA) is 44.8 Å². The van der Waals surface area contributed by atoms with Crippen LogP contribution in [0.15, 0.2) is 29.2 Å². The molecule has 1 aromatic rings. The molecule has 5 nitrogen and oxygen atoms in total. The molecule has 0 saturated carbocycles. The minimum absolute atomic E-state index is 0.294. The van der Waals surface area contributed by atoms with Gasteiger partial charge >= 0.3 is 6.09 Å². The third-order valence-corrected chi connectivity index (χ3v) is 6.17. The third-order valence-electron chi connectivity index (χ3n) is 4.84. The van der Waals surface area contributed by atoms with Crippen molar-refractivity contribution in [2.45, 2.75) is 50.2 Å². The highest BCUT2D eigenvalue weighted by atomic mass is 32.2. The number of anilines is 1. The van der Waals surface area contributed by atoms with Crippen molar-refractivity contribution >= 4 is 23.5 Å². The summed E-state index contributed by atoms with van der Waals surface area (Å²) < 4.78 is 5.02. The predicted molar refractivity (Wildman–Crippen MR) is 115 cm³/mol. The van der Waals surface area contributed by atoms with E-state index in [0.717, 1.165) is 45.6 Å². The quantitative estimate of drug-likeness (QED) is 0.476. The predicted octanol–water partition coefficient (Wildman–Crippen LogP) is 4.23. The van der Waals surface area contributed by atoms with E-state index < -0.39 is 0 Å². The van der Waals surface area contributed by atoms with Crippen LogP contribution in [-0.2, 0) is 4.74 Å². The lowest BCUT2D eigenvalue weighted by atomic mass is 10.2. The normalized spacial score (nSPS) is 16.2. The summed E-state index contributed by atoms with van der Waals surface area (Å²) in [5.41, 5.74) is 1.38. The molecule has 6 heteroatoms. The number of nitrogens with zero attached hydrogens (tertiary/aromatic N) is 2. The van der Waals surface area contributed by atoms with Gasteiger partial charge in [0.25, 0.3) is 0 Å². The number of carbonyl (C=O) groups excluding carboxylic acids is 1. The molecule has 1 aliphatic rings. The van der Waals surface area contributed by atoms with Crippen molar-refractivity contribution in [1.29, 1.82) is 0 Å². The van der Waals surface area contributed by atoms with E-state index in [4.69, 9.17) is 4.74 Å². The van der Waals surface area contributed by atoms with Crippen LogP contribution in [-0.4, -0.2) is 62.1 Å². The van der Waals surface area contributed by atoms with Crippen molar-refractivity contribution in [3.63, 3.8) is 0 Å². The Morgan fingerprint density at radius 3 is 2.67 bits per heavy atom. The Kier molecular flexibility index (Phi) is 9.84. The summed E-state index contributed by atoms with van der Waals surface area (Å²) in [5, 5.41) is 3.46. The van der Waals surface area contributed by atoms with Crippen LogP contribution in [0.2, 0.25) is 0 Å². The molecule has 1 aliphatic heterocycles. The largest absolute Gasteiger partial charge is 0.450 e. The highest BCUT2D eigenvalue weighted by Gasteiger charge is 2.19. The summed E-state index contributed by atoms with van der Waals surface area (Å²) in [7, 11) is 0. The van der Waals surface area contributed by atoms with Crippen LogP contribution < -0.4 is 10.2 Å². The molecule has 1 atom stereocenters. The van der Waals surface area contributed by atoms with Crippen molar-refractivity contribution < 1.29 is 9.53 Å². The molecule has 2 rings (SSSR count). The van der Waals surface area contributed by atoms with Gasteiger partial charge in [0.05, 0.1) is 12.3 Å². The molecule has 0 aliphatic carbocycles. The Hall–Kier alpha value is -1.40. The van der Waals surface area contributed by atoms with Gasteiger partial charge in [0.15, 0.2) is 0 Å². The zero-order chi connectivity index (χ0) is 19.5. The van der Waals surface area contributed by atoms with Gasteiger partial charge in [0.2, 0.25) is 0 Å². The summed E-state index contributed by atoms with van der Waals surface area (Å²) in [4.78, 5) is 17.8. The van der Waals surface area contributed by atoms with Crippen molar-refractivity contribution in [3.05, 3.63) is 24.3 Å². The SMILES string of the molecule is CCCOC(=O)NCCCN1CCN(c2ccccc2S[C@@H](C)CC)CC1. The third kappa shape index (κ3) is 7.62. The molecule has 0 bridgehead atoms. The maximum atomic E-state index is 11.4. The standard InChI is InChI=1S/C21H35N3O2S/c1-4-17-26-21(25)22-11-8-12-23-13-15-24(16-14-23)19-9-6-7-10-20(19)27-18(3)5-2/h6-7,9-10,18H,4-5,8,11-17H2,1-3H3,(H,22,25)/t18-/m0/s1. The summed E-state index contributed by atoms with van der Waals surface area (Å²) in [5.74, 6) is 0. The summed E-state index contributed by atoms with van der Waals surface area (Å²) in [6, 6.07) is 8.79. The van der Waals surface area contributed by atoms with Crippen molar-refractivity contribution in [2.24, 2.45) is 0 Å². The number of para-hydroxylation sites is 1. The highest BCUT2D eigenvalue weighted by molar-refractivity contribution is 8.00. The van der Waals surface area contributed by atoms with Gasteiger partial charge in [-0.3, -0.25) is 4.90 Å². The molecular formula is C21H35N3O2S. The Morgan fingerprint density at radius 2 is 1.96 bits per heavy atom. The van der Waals surface area contributed by atoms with E-state index in [9.17, 15) is 4.79 Å². The average Bonchev–Trinajstić information content (AvgIpc) is 2.70. The molecule has 1 saturated heterocycles. The van der Waals surface area contributed by atoms with Crippen LogP contribution in [0.3, 0.4) is 0 Å². The van der Waals surface area contributed by atoms with Gasteiger partial charge in [-0.1, -0.05) is 32.9 Å². The zero-order valence-electron chi connectivity index (χ0n) is 17.1. The number of hydrogen-bond donors (Lipinski definition) is 1. The highest BCUT2D eigenvalue weighted by Crippen LogP contribution is 2.34. The first kappa shape index (κ1) is 21.9. The molecule has 0 spiro atoms. The maximum absolute atomic E-state index is 11.4. The van der Waals surface area contributed by atoms with E-state index in [1.54, 1.807) is 0 Å². The van der Waals surface area contributed by atoms with E-state index >= 15 is 0 Å². The van der Waals surface area contributed by atoms with Crippen LogP contribution >= 0.6 is 11.8 Å². The minimum Gasteiger partial charge on any atom is -0.450 e. The minimum atomic E-state index is -0.294. The van der Waals surface area contributed by atoms with Crippen LogP contribution in [0, 0.1) is 0 Å². The van der Waals surface area contributed by atoms with Gasteiger partial charge in [-0.25, -0.2) is 4.79 Å². The van der Waals surface area contributed by atoms with Crippen molar-refractivity contribution in [3.8, 4) is 0 Å². The second-order valence-electron chi connectivity index (χ2n) is 7.05. The molecule has 0 aromatic heterocycles. The lowest BCUT2D eigenvalue weighted by Gasteiger charge is -2.37. The fourth-order valence-electron chi connectivity index (χ4n) is 3.07. The number of carbonyl (C=O) groups is 1. The number of benzene rings is 1. The van der Waals surface area contributed by atoms with E-state index in [1.807, 2.05) is 18.7 Å². The van der Waals surface area contributed by atoms with Gasteiger partial charge in [-0.2, -0.15) is 0 Å². The van der Waals surface area contributed by atoms with Gasteiger partial charge < -0.3 is 15.0 Å². The molecular weight excluding hydrogens is 358 g/mol. The van der Waals surface area contributed by atoms with Crippen molar-refractivity contribution in [2.75, 3.05) is 50.8 Å². The number of amides is 1. The number of nitrogens with one attached hydrogen (secondary N) is 1. The number of thioether (sulfide) groups is 1. The second kappa shape index (κ2) is 12.1. The summed E-state index contributed by atoms with van der Waals surface area (Å²) in [6.07, 6.45) is 2.71. The lowest BCUT2D eigenvalue weighted by molar-refractivity contribution is 0.145. The first-order chi connectivity index (χ1) is 13.1. The molecule has 152 valence electrons. The molecule has 1 fully saturated rings. The van der Waals surface area contributed by atoms with Gasteiger partial charge in [0.1, 0.15) is 0 Å². The Labute approximate surface area is 168 Å². The lowest BCUT2D eigenvalue weighted by Crippen LogP contribution is -2.47. The first-order valence-electron chi connectivity index (χ1n) is 10.3. The number of alkyl carbamates (subject to hydrolysis) is 1. The summed E-state index contributed by atoms with van der Waals surface area (Å²) in [6.45, 7) is 13.0. The van der Waals surface area contributed by atoms with E-state index in [2.05, 4.69) is 53.2 Å². The number of ether oxygens (including phenoxy) is 1. The summed E-state index contributed by atoms with van der Waals surface area (Å²) >= 11 is 1.98. The fourth-order valence-corrected chi connectivity index (χ4v) is 4.14. The average molecular weight is 394 g/mol. The molecule has 1 aromatic carbocycles. The van der Waals surface area contributed by atoms with Crippen LogP contribution in [0.25, 0.3) is 0 Å². The monoisotopic (exact) mass is 393 g/mol. The van der Waals surface area contributed by atoms with E-state index in [1.165, 1.54) is 17.0 Å². The number of rotatable bonds is 10. The zero-order valence-corrected chi connectivity index (χ0v) is 17.9. The molecule has 1 heterocycles. The van der Waals surface area contributed by atoms with Gasteiger partial charge in [0, 0.05) is 42.9 Å². The molecule has 27 heavy (non-hydrogen) atoms. The molecule has 1 amide bonds. The molecule has 0 radical (unpaired) electrons. The van der Waals surface area contributed by atoms with Gasteiger partial charge in [-0.05, 0) is 37.9 Å². The fraction of sp³-hybridized carbons (Fsp3) is 0.667.